The standard InChI is InChI=1S/C29H23Cl2F7N4O/c1-4-16-8-10-17(11-9-16)25(43)41-20-7-5-6-18(12-20)23(39)15-42(40)24-21(30)13-19(14-22(24)31)28(35,27(3,33)34)26(2,32)29(36,37)38/h1,5-15H,39-40H2,2-3H3,(H,41,43)/b23-15-. The van der Waals surface area contributed by atoms with Crippen molar-refractivity contribution in [1.82, 2.24) is 0 Å². The summed E-state index contributed by atoms with van der Waals surface area (Å²) >= 11 is 12.2. The van der Waals surface area contributed by atoms with Gasteiger partial charge >= 0.3 is 6.18 Å². The van der Waals surface area contributed by atoms with E-state index in [1.54, 1.807) is 42.5 Å². The SMILES string of the molecule is C#Cc1ccc(C(=O)Nc2cccc(/C(N)=C/N(N)c3c(Cl)cc(C(F)(C(C)(F)F)C(C)(F)C(F)(F)F)cc3Cl)c2)cc1. The molecule has 0 spiro atoms. The Hall–Kier alpha value is -3.92. The monoisotopic (exact) mass is 646 g/mol. The van der Waals surface area contributed by atoms with Crippen molar-refractivity contribution in [2.24, 2.45) is 11.6 Å². The Kier molecular flexibility index (Phi) is 9.36. The van der Waals surface area contributed by atoms with Crippen molar-refractivity contribution < 1.29 is 35.5 Å². The highest BCUT2D eigenvalue weighted by Gasteiger charge is 2.75. The Morgan fingerprint density at radius 2 is 1.49 bits per heavy atom. The number of rotatable bonds is 8. The van der Waals surface area contributed by atoms with Crippen molar-refractivity contribution in [3.63, 3.8) is 0 Å². The zero-order valence-corrected chi connectivity index (χ0v) is 23.9. The van der Waals surface area contributed by atoms with E-state index >= 15 is 4.39 Å². The number of terminal acetylenes is 1. The van der Waals surface area contributed by atoms with Crippen molar-refractivity contribution >= 4 is 46.2 Å². The number of carbonyl (C=O) groups excluding carboxylic acids is 1. The fourth-order valence-electron chi connectivity index (χ4n) is 4.13. The Morgan fingerprint density at radius 1 is 0.930 bits per heavy atom. The first kappa shape index (κ1) is 33.6. The maximum atomic E-state index is 15.6. The molecule has 3 aromatic rings. The molecule has 0 aromatic heterocycles. The van der Waals surface area contributed by atoms with Gasteiger partial charge in [0.2, 0.25) is 11.3 Å². The number of nitrogens with one attached hydrogen (secondary N) is 1. The summed E-state index contributed by atoms with van der Waals surface area (Å²) in [5, 5.41) is 2.02. The second-order valence-corrected chi connectivity index (χ2v) is 10.4. The first-order valence-corrected chi connectivity index (χ1v) is 12.8. The highest BCUT2D eigenvalue weighted by Crippen LogP contribution is 2.57. The van der Waals surface area contributed by atoms with Crippen molar-refractivity contribution in [2.75, 3.05) is 10.3 Å². The summed E-state index contributed by atoms with van der Waals surface area (Å²) < 4.78 is 99.2. The van der Waals surface area contributed by atoms with Gasteiger partial charge in [0, 0.05) is 41.1 Å². The van der Waals surface area contributed by atoms with Gasteiger partial charge in [-0.25, -0.2) is 23.4 Å². The first-order valence-electron chi connectivity index (χ1n) is 12.1. The molecule has 2 unspecified atom stereocenters. The van der Waals surface area contributed by atoms with Gasteiger partial charge in [-0.15, -0.1) is 6.42 Å². The third kappa shape index (κ3) is 6.54. The molecule has 0 aliphatic rings. The minimum absolute atomic E-state index is 0.0403. The lowest BCUT2D eigenvalue weighted by Gasteiger charge is -2.41. The number of benzene rings is 3. The first-order chi connectivity index (χ1) is 19.7. The number of halogens is 9. The molecule has 5 N–H and O–H groups in total. The van der Waals surface area contributed by atoms with Gasteiger partial charge in [-0.2, -0.15) is 13.2 Å². The Balaban J connectivity index is 1.94. The average Bonchev–Trinajstić information content (AvgIpc) is 2.90. The molecule has 3 aromatic carbocycles. The average molecular weight is 647 g/mol. The lowest BCUT2D eigenvalue weighted by atomic mass is 9.76. The van der Waals surface area contributed by atoms with Crippen LogP contribution in [0, 0.1) is 12.3 Å². The number of carbonyl (C=O) groups is 1. The smallest absolute Gasteiger partial charge is 0.397 e. The van der Waals surface area contributed by atoms with E-state index in [1.165, 1.54) is 6.07 Å². The highest BCUT2D eigenvalue weighted by molar-refractivity contribution is 6.39. The quantitative estimate of drug-likeness (QED) is 0.100. The molecule has 43 heavy (non-hydrogen) atoms. The minimum Gasteiger partial charge on any atom is -0.397 e. The number of hydrogen-bond donors (Lipinski definition) is 3. The molecular weight excluding hydrogens is 624 g/mol. The lowest BCUT2D eigenvalue weighted by Crippen LogP contribution is -2.61. The van der Waals surface area contributed by atoms with Gasteiger partial charge in [-0.05, 0) is 55.5 Å². The molecule has 3 rings (SSSR count). The Labute approximate surface area is 252 Å². The number of alkyl halides is 7. The molecular formula is C29H23Cl2F7N4O. The highest BCUT2D eigenvalue weighted by atomic mass is 35.5. The topological polar surface area (TPSA) is 84.4 Å². The molecule has 0 bridgehead atoms. The largest absolute Gasteiger partial charge is 0.426 e. The molecule has 0 fully saturated rings. The molecule has 2 atom stereocenters. The number of amides is 1. The van der Waals surface area contributed by atoms with E-state index in [0.717, 1.165) is 6.20 Å². The number of hydrazine groups is 1. The second-order valence-electron chi connectivity index (χ2n) is 9.58. The van der Waals surface area contributed by atoms with E-state index < -0.39 is 45.0 Å². The molecule has 1 amide bonds. The fourth-order valence-corrected chi connectivity index (χ4v) is 4.81. The summed E-state index contributed by atoms with van der Waals surface area (Å²) in [5.41, 5.74) is -4.15. The van der Waals surface area contributed by atoms with Gasteiger partial charge in [-0.3, -0.25) is 9.80 Å². The molecule has 0 aliphatic carbocycles. The van der Waals surface area contributed by atoms with Crippen LogP contribution in [0.2, 0.25) is 10.0 Å². The molecule has 0 heterocycles. The normalized spacial score (nSPS) is 15.2. The summed E-state index contributed by atoms with van der Waals surface area (Å²) in [4.78, 5) is 12.6. The van der Waals surface area contributed by atoms with Crippen LogP contribution in [0.4, 0.5) is 42.1 Å². The van der Waals surface area contributed by atoms with Crippen molar-refractivity contribution in [3.05, 3.63) is 99.2 Å². The number of anilines is 2. The third-order valence-electron chi connectivity index (χ3n) is 6.50. The summed E-state index contributed by atoms with van der Waals surface area (Å²) in [6.45, 7) is -0.541. The van der Waals surface area contributed by atoms with Gasteiger partial charge in [0.1, 0.15) is 0 Å². The summed E-state index contributed by atoms with van der Waals surface area (Å²) in [5.74, 6) is 3.10. The van der Waals surface area contributed by atoms with Crippen LogP contribution in [0.5, 0.6) is 0 Å². The predicted octanol–water partition coefficient (Wildman–Crippen LogP) is 7.97. The predicted molar refractivity (Wildman–Crippen MR) is 153 cm³/mol. The number of hydrogen-bond acceptors (Lipinski definition) is 4. The minimum atomic E-state index is -6.03. The second kappa shape index (κ2) is 12.0. The van der Waals surface area contributed by atoms with Crippen LogP contribution in [0.3, 0.4) is 0 Å². The summed E-state index contributed by atoms with van der Waals surface area (Å²) in [6.07, 6.45) is 0.350. The van der Waals surface area contributed by atoms with Gasteiger partial charge < -0.3 is 11.1 Å². The van der Waals surface area contributed by atoms with Crippen LogP contribution in [-0.2, 0) is 5.67 Å². The van der Waals surface area contributed by atoms with E-state index in [9.17, 15) is 31.1 Å². The molecule has 0 saturated heterocycles. The van der Waals surface area contributed by atoms with Crippen molar-refractivity contribution in [3.8, 4) is 12.3 Å². The molecule has 228 valence electrons. The maximum Gasteiger partial charge on any atom is 0.426 e. The van der Waals surface area contributed by atoms with Crippen LogP contribution < -0.4 is 21.9 Å². The van der Waals surface area contributed by atoms with E-state index in [1.807, 2.05) is 0 Å². The lowest BCUT2D eigenvalue weighted by molar-refractivity contribution is -0.309. The molecule has 5 nitrogen and oxygen atoms in total. The summed E-state index contributed by atoms with van der Waals surface area (Å²) in [7, 11) is 0. The zero-order chi connectivity index (χ0) is 32.5. The van der Waals surface area contributed by atoms with Gasteiger partial charge in [0.15, 0.2) is 0 Å². The Bertz CT molecular complexity index is 1570. The van der Waals surface area contributed by atoms with Gasteiger partial charge in [-0.1, -0.05) is 41.3 Å². The van der Waals surface area contributed by atoms with Crippen LogP contribution in [-0.4, -0.2) is 23.7 Å². The van der Waals surface area contributed by atoms with E-state index in [2.05, 4.69) is 11.2 Å². The Morgan fingerprint density at radius 3 is 1.98 bits per heavy atom. The number of nitrogens with two attached hydrogens (primary N) is 2. The van der Waals surface area contributed by atoms with Crippen LogP contribution in [0.25, 0.3) is 5.70 Å². The zero-order valence-electron chi connectivity index (χ0n) is 22.3. The number of nitrogens with zero attached hydrogens (tertiary/aromatic N) is 1. The van der Waals surface area contributed by atoms with Crippen LogP contribution >= 0.6 is 23.2 Å². The molecule has 0 saturated carbocycles. The maximum absolute atomic E-state index is 15.6. The van der Waals surface area contributed by atoms with E-state index in [0.29, 0.717) is 39.5 Å². The van der Waals surface area contributed by atoms with E-state index in [-0.39, 0.29) is 25.2 Å². The molecule has 0 radical (unpaired) electrons. The fraction of sp³-hybridized carbons (Fsp3) is 0.207. The van der Waals surface area contributed by atoms with Crippen molar-refractivity contribution in [1.29, 1.82) is 0 Å². The van der Waals surface area contributed by atoms with Crippen molar-refractivity contribution in [2.45, 2.75) is 37.3 Å². The van der Waals surface area contributed by atoms with Gasteiger partial charge in [0.25, 0.3) is 11.8 Å². The summed E-state index contributed by atoms with van der Waals surface area (Å²) in [6, 6.07) is 13.2. The molecule has 0 aliphatic heterocycles. The van der Waals surface area contributed by atoms with Crippen LogP contribution in [0.15, 0.2) is 66.9 Å². The van der Waals surface area contributed by atoms with Gasteiger partial charge in [0.05, 0.1) is 21.4 Å². The molecule has 14 heteroatoms. The van der Waals surface area contributed by atoms with E-state index in [4.69, 9.17) is 41.2 Å². The third-order valence-corrected chi connectivity index (χ3v) is 7.08. The van der Waals surface area contributed by atoms with Crippen LogP contribution in [0.1, 0.15) is 40.9 Å².